The Labute approximate surface area is 126 Å². The first-order valence-electron chi connectivity index (χ1n) is 6.18. The molecule has 0 bridgehead atoms. The van der Waals surface area contributed by atoms with Crippen LogP contribution >= 0.6 is 24.8 Å². The first-order valence-corrected chi connectivity index (χ1v) is 6.18. The summed E-state index contributed by atoms with van der Waals surface area (Å²) in [5.74, 6) is 0.261. The van der Waals surface area contributed by atoms with Crippen molar-refractivity contribution in [3.63, 3.8) is 0 Å². The maximum atomic E-state index is 12.0. The Hall–Kier alpha value is -0.840. The Kier molecular flexibility index (Phi) is 8.72. The largest absolute Gasteiger partial charge is 0.349 e. The van der Waals surface area contributed by atoms with Crippen LogP contribution in [-0.4, -0.2) is 24.0 Å². The van der Waals surface area contributed by atoms with E-state index in [1.165, 1.54) is 0 Å². The number of hydrogen-bond donors (Lipinski definition) is 2. The zero-order valence-electron chi connectivity index (χ0n) is 11.0. The SMILES string of the molecule is C[C@H](NC(=O)C1CCCNC1)c1cccnc1.Cl.Cl. The van der Waals surface area contributed by atoms with E-state index in [4.69, 9.17) is 0 Å². The number of carbonyl (C=O) groups is 1. The number of piperidine rings is 1. The number of aromatic nitrogens is 1. The van der Waals surface area contributed by atoms with Crippen molar-refractivity contribution in [3.8, 4) is 0 Å². The van der Waals surface area contributed by atoms with Gasteiger partial charge < -0.3 is 10.6 Å². The summed E-state index contributed by atoms with van der Waals surface area (Å²) in [5.41, 5.74) is 1.05. The zero-order chi connectivity index (χ0) is 12.1. The van der Waals surface area contributed by atoms with Gasteiger partial charge in [-0.3, -0.25) is 9.78 Å². The molecule has 0 saturated carbocycles. The quantitative estimate of drug-likeness (QED) is 0.899. The van der Waals surface area contributed by atoms with E-state index in [-0.39, 0.29) is 42.7 Å². The monoisotopic (exact) mass is 305 g/mol. The molecule has 6 heteroatoms. The lowest BCUT2D eigenvalue weighted by atomic mass is 9.98. The summed E-state index contributed by atoms with van der Waals surface area (Å²) in [6, 6.07) is 3.90. The van der Waals surface area contributed by atoms with Crippen molar-refractivity contribution >= 4 is 30.7 Å². The van der Waals surface area contributed by atoms with Crippen LogP contribution in [0.2, 0.25) is 0 Å². The zero-order valence-corrected chi connectivity index (χ0v) is 12.6. The molecular weight excluding hydrogens is 285 g/mol. The van der Waals surface area contributed by atoms with Crippen LogP contribution < -0.4 is 10.6 Å². The van der Waals surface area contributed by atoms with Gasteiger partial charge in [-0.1, -0.05) is 6.07 Å². The standard InChI is InChI=1S/C13H19N3O.2ClH/c1-10(11-4-2-6-14-8-11)16-13(17)12-5-3-7-15-9-12;;/h2,4,6,8,10,12,15H,3,5,7,9H2,1H3,(H,16,17);2*1H/t10-,12?;;/m0../s1. The highest BCUT2D eigenvalue weighted by Gasteiger charge is 2.22. The van der Waals surface area contributed by atoms with Crippen LogP contribution in [0.25, 0.3) is 0 Å². The first kappa shape index (κ1) is 18.2. The van der Waals surface area contributed by atoms with Crippen molar-refractivity contribution in [1.82, 2.24) is 15.6 Å². The fourth-order valence-corrected chi connectivity index (χ4v) is 2.12. The Bertz CT molecular complexity index is 369. The molecule has 0 aliphatic carbocycles. The van der Waals surface area contributed by atoms with E-state index in [0.717, 1.165) is 31.5 Å². The molecule has 2 rings (SSSR count). The predicted octanol–water partition coefficient (Wildman–Crippen LogP) is 2.10. The van der Waals surface area contributed by atoms with Crippen molar-refractivity contribution in [2.45, 2.75) is 25.8 Å². The van der Waals surface area contributed by atoms with Crippen LogP contribution in [0.4, 0.5) is 0 Å². The third kappa shape index (κ3) is 5.35. The molecule has 2 N–H and O–H groups in total. The second-order valence-electron chi connectivity index (χ2n) is 4.56. The summed E-state index contributed by atoms with van der Waals surface area (Å²) in [7, 11) is 0. The van der Waals surface area contributed by atoms with Crippen LogP contribution in [-0.2, 0) is 4.79 Å². The van der Waals surface area contributed by atoms with Gasteiger partial charge in [0.15, 0.2) is 0 Å². The Morgan fingerprint density at radius 1 is 1.53 bits per heavy atom. The summed E-state index contributed by atoms with van der Waals surface area (Å²) in [6.07, 6.45) is 5.60. The van der Waals surface area contributed by atoms with Crippen LogP contribution in [0.3, 0.4) is 0 Å². The fraction of sp³-hybridized carbons (Fsp3) is 0.538. The molecule has 1 saturated heterocycles. The van der Waals surface area contributed by atoms with E-state index in [2.05, 4.69) is 15.6 Å². The van der Waals surface area contributed by atoms with Crippen LogP contribution in [0.15, 0.2) is 24.5 Å². The predicted molar refractivity (Wildman–Crippen MR) is 80.9 cm³/mol. The third-order valence-corrected chi connectivity index (χ3v) is 3.21. The Morgan fingerprint density at radius 3 is 2.89 bits per heavy atom. The van der Waals surface area contributed by atoms with Gasteiger partial charge in [0.05, 0.1) is 12.0 Å². The number of carbonyl (C=O) groups excluding carboxylic acids is 1. The van der Waals surface area contributed by atoms with Gasteiger partial charge >= 0.3 is 0 Å². The lowest BCUT2D eigenvalue weighted by Crippen LogP contribution is -2.41. The molecule has 1 amide bonds. The number of rotatable bonds is 3. The van der Waals surface area contributed by atoms with Crippen molar-refractivity contribution in [2.75, 3.05) is 13.1 Å². The third-order valence-electron chi connectivity index (χ3n) is 3.21. The van der Waals surface area contributed by atoms with Gasteiger partial charge in [0, 0.05) is 18.9 Å². The van der Waals surface area contributed by atoms with Crippen molar-refractivity contribution in [2.24, 2.45) is 5.92 Å². The minimum absolute atomic E-state index is 0. The number of amides is 1. The normalized spacial score (nSPS) is 19.5. The molecule has 1 aromatic rings. The Morgan fingerprint density at radius 2 is 2.32 bits per heavy atom. The van der Waals surface area contributed by atoms with E-state index in [1.807, 2.05) is 19.1 Å². The van der Waals surface area contributed by atoms with E-state index >= 15 is 0 Å². The Balaban J connectivity index is 0.00000162. The van der Waals surface area contributed by atoms with Gasteiger partial charge in [-0.2, -0.15) is 0 Å². The van der Waals surface area contributed by atoms with E-state index in [9.17, 15) is 4.79 Å². The fourth-order valence-electron chi connectivity index (χ4n) is 2.12. The van der Waals surface area contributed by atoms with Crippen molar-refractivity contribution in [3.05, 3.63) is 30.1 Å². The van der Waals surface area contributed by atoms with Gasteiger partial charge in [0.25, 0.3) is 0 Å². The molecule has 0 radical (unpaired) electrons. The molecule has 0 aromatic carbocycles. The lowest BCUT2D eigenvalue weighted by Gasteiger charge is -2.24. The number of nitrogens with one attached hydrogen (secondary N) is 2. The second-order valence-corrected chi connectivity index (χ2v) is 4.56. The molecular formula is C13H21Cl2N3O. The molecule has 4 nitrogen and oxygen atoms in total. The number of hydrogen-bond acceptors (Lipinski definition) is 3. The van der Waals surface area contributed by atoms with Crippen molar-refractivity contribution in [1.29, 1.82) is 0 Å². The highest BCUT2D eigenvalue weighted by molar-refractivity contribution is 5.85. The summed E-state index contributed by atoms with van der Waals surface area (Å²) in [5, 5.41) is 6.30. The van der Waals surface area contributed by atoms with E-state index in [0.29, 0.717) is 0 Å². The molecule has 0 spiro atoms. The molecule has 2 heterocycles. The van der Waals surface area contributed by atoms with Crippen LogP contribution in [0.5, 0.6) is 0 Å². The number of halogens is 2. The lowest BCUT2D eigenvalue weighted by molar-refractivity contribution is -0.126. The molecule has 1 aliphatic heterocycles. The van der Waals surface area contributed by atoms with E-state index < -0.39 is 0 Å². The maximum absolute atomic E-state index is 12.0. The minimum atomic E-state index is 0. The number of pyridine rings is 1. The van der Waals surface area contributed by atoms with E-state index in [1.54, 1.807) is 12.4 Å². The molecule has 19 heavy (non-hydrogen) atoms. The summed E-state index contributed by atoms with van der Waals surface area (Å²) < 4.78 is 0. The summed E-state index contributed by atoms with van der Waals surface area (Å²) in [4.78, 5) is 16.1. The average Bonchev–Trinajstić information content (AvgIpc) is 2.40. The van der Waals surface area contributed by atoms with Gasteiger partial charge in [-0.05, 0) is 37.9 Å². The second kappa shape index (κ2) is 9.13. The smallest absolute Gasteiger partial charge is 0.224 e. The van der Waals surface area contributed by atoms with Gasteiger partial charge in [-0.15, -0.1) is 24.8 Å². The van der Waals surface area contributed by atoms with Gasteiger partial charge in [0.2, 0.25) is 5.91 Å². The van der Waals surface area contributed by atoms with Crippen LogP contribution in [0, 0.1) is 5.92 Å². The topological polar surface area (TPSA) is 54.0 Å². The number of nitrogens with zero attached hydrogens (tertiary/aromatic N) is 1. The summed E-state index contributed by atoms with van der Waals surface area (Å²) in [6.45, 7) is 3.82. The van der Waals surface area contributed by atoms with Gasteiger partial charge in [0.1, 0.15) is 0 Å². The summed E-state index contributed by atoms with van der Waals surface area (Å²) >= 11 is 0. The molecule has 2 atom stereocenters. The first-order chi connectivity index (χ1) is 8.27. The minimum Gasteiger partial charge on any atom is -0.349 e. The maximum Gasteiger partial charge on any atom is 0.224 e. The van der Waals surface area contributed by atoms with Crippen molar-refractivity contribution < 1.29 is 4.79 Å². The molecule has 1 unspecified atom stereocenters. The molecule has 1 fully saturated rings. The van der Waals surface area contributed by atoms with Crippen LogP contribution in [0.1, 0.15) is 31.4 Å². The molecule has 1 aromatic heterocycles. The highest BCUT2D eigenvalue weighted by Crippen LogP contribution is 2.14. The highest BCUT2D eigenvalue weighted by atomic mass is 35.5. The van der Waals surface area contributed by atoms with Gasteiger partial charge in [-0.25, -0.2) is 0 Å². The molecule has 1 aliphatic rings. The molecule has 108 valence electrons. The average molecular weight is 306 g/mol.